The summed E-state index contributed by atoms with van der Waals surface area (Å²) in [5.41, 5.74) is 0. The Kier molecular flexibility index (Phi) is 2.41. The van der Waals surface area contributed by atoms with Gasteiger partial charge in [-0.15, -0.1) is 0 Å². The smallest absolute Gasteiger partial charge is 0.399 e. The van der Waals surface area contributed by atoms with Crippen LogP contribution in [0.15, 0.2) is 19.9 Å². The van der Waals surface area contributed by atoms with E-state index in [1.54, 1.807) is 0 Å². The predicted molar refractivity (Wildman–Crippen MR) is 34.8 cm³/mol. The summed E-state index contributed by atoms with van der Waals surface area (Å²) in [6.45, 7) is 0. The Morgan fingerprint density at radius 1 is 1.42 bits per heavy atom. The van der Waals surface area contributed by atoms with E-state index in [-0.39, 0.29) is 12.2 Å². The maximum atomic E-state index is 11.7. The molecule has 0 unspecified atom stereocenters. The minimum absolute atomic E-state index is 0.0511. The van der Waals surface area contributed by atoms with Crippen molar-refractivity contribution in [3.63, 3.8) is 0 Å². The van der Waals surface area contributed by atoms with Gasteiger partial charge in [0.25, 0.3) is 0 Å². The Bertz CT molecular complexity index is 299. The molecule has 12 heavy (non-hydrogen) atoms. The first-order chi connectivity index (χ1) is 5.47. The van der Waals surface area contributed by atoms with E-state index in [0.29, 0.717) is 0 Å². The van der Waals surface area contributed by atoms with Gasteiger partial charge in [0, 0.05) is 12.5 Å². The van der Waals surface area contributed by atoms with E-state index in [1.165, 1.54) is 0 Å². The summed E-state index contributed by atoms with van der Waals surface area (Å²) < 4.78 is 43.6. The van der Waals surface area contributed by atoms with Crippen LogP contribution in [-0.4, -0.2) is 9.08 Å². The number of halogens is 3. The van der Waals surface area contributed by atoms with Gasteiger partial charge in [-0.1, -0.05) is 0 Å². The van der Waals surface area contributed by atoms with Crippen LogP contribution in [0.5, 0.6) is 0 Å². The summed E-state index contributed by atoms with van der Waals surface area (Å²) in [7, 11) is -5.53. The Morgan fingerprint density at radius 2 is 2.08 bits per heavy atom. The molecule has 1 heterocycles. The van der Waals surface area contributed by atoms with Crippen LogP contribution in [0.4, 0.5) is 12.3 Å². The van der Waals surface area contributed by atoms with Crippen molar-refractivity contribution >= 4 is 9.08 Å². The van der Waals surface area contributed by atoms with Crippen LogP contribution in [0.25, 0.3) is 0 Å². The lowest BCUT2D eigenvalue weighted by molar-refractivity contribution is 0.372. The van der Waals surface area contributed by atoms with E-state index in [2.05, 4.69) is 8.83 Å². The average Bonchev–Trinajstić information content (AvgIpc) is 2.30. The van der Waals surface area contributed by atoms with E-state index >= 15 is 0 Å². The summed E-state index contributed by atoms with van der Waals surface area (Å²) in [5.74, 6) is -1.02. The van der Waals surface area contributed by atoms with Gasteiger partial charge in [-0.3, -0.25) is 0 Å². The Labute approximate surface area is 66.3 Å². The van der Waals surface area contributed by atoms with Crippen LogP contribution in [0, 0.1) is 0 Å². The van der Waals surface area contributed by atoms with Gasteiger partial charge in [-0.05, 0) is 0 Å². The highest BCUT2D eigenvalue weighted by atomic mass is 28.5. The molecule has 1 rings (SSSR count). The molecule has 0 aromatic carbocycles. The zero-order valence-corrected chi connectivity index (χ0v) is 6.85. The van der Waals surface area contributed by atoms with Crippen LogP contribution in [-0.2, 0) is 6.42 Å². The fraction of sp³-hybridized carbons (Fsp3) is 0.400. The van der Waals surface area contributed by atoms with Gasteiger partial charge in [0.05, 0.1) is 0 Å². The van der Waals surface area contributed by atoms with Crippen molar-refractivity contribution in [2.45, 2.75) is 12.5 Å². The highest BCUT2D eigenvalue weighted by Crippen LogP contribution is 2.17. The van der Waals surface area contributed by atoms with Gasteiger partial charge in [-0.2, -0.15) is 0 Å². The van der Waals surface area contributed by atoms with Crippen LogP contribution in [0.3, 0.4) is 0 Å². The van der Waals surface area contributed by atoms with E-state index in [9.17, 15) is 17.1 Å². The van der Waals surface area contributed by atoms with Crippen molar-refractivity contribution in [3.8, 4) is 0 Å². The largest absolute Gasteiger partial charge is 0.616 e. The van der Waals surface area contributed by atoms with Crippen molar-refractivity contribution < 1.29 is 21.2 Å². The third-order valence-corrected chi connectivity index (χ3v) is 1.97. The average molecular weight is 198 g/mol. The van der Waals surface area contributed by atoms with Crippen LogP contribution >= 0.6 is 0 Å². The first-order valence-electron chi connectivity index (χ1n) is 3.11. The lowest BCUT2D eigenvalue weighted by Crippen LogP contribution is -2.14. The summed E-state index contributed by atoms with van der Waals surface area (Å²) >= 11 is 0. The minimum atomic E-state index is -5.53. The van der Waals surface area contributed by atoms with Crippen LogP contribution in [0.2, 0.25) is 6.04 Å². The summed E-state index contributed by atoms with van der Waals surface area (Å²) in [4.78, 5) is 10.2. The first kappa shape index (κ1) is 9.11. The van der Waals surface area contributed by atoms with Crippen molar-refractivity contribution in [1.82, 2.24) is 0 Å². The Hall–Kier alpha value is -0.983. The molecule has 0 radical (unpaired) electrons. The molecule has 3 nitrogen and oxygen atoms in total. The second-order valence-electron chi connectivity index (χ2n) is 2.17. The van der Waals surface area contributed by atoms with E-state index in [0.717, 1.165) is 6.26 Å². The lowest BCUT2D eigenvalue weighted by Gasteiger charge is -1.97. The van der Waals surface area contributed by atoms with Gasteiger partial charge < -0.3 is 8.83 Å². The van der Waals surface area contributed by atoms with Gasteiger partial charge in [-0.25, -0.2) is 17.1 Å². The fourth-order valence-corrected chi connectivity index (χ4v) is 1.17. The molecule has 0 saturated carbocycles. The molecule has 0 spiro atoms. The van der Waals surface area contributed by atoms with Crippen molar-refractivity contribution in [2.75, 3.05) is 0 Å². The van der Waals surface area contributed by atoms with E-state index in [1.807, 2.05) is 0 Å². The second kappa shape index (κ2) is 3.17. The van der Waals surface area contributed by atoms with E-state index < -0.39 is 20.9 Å². The quantitative estimate of drug-likeness (QED) is 0.547. The molecule has 0 fully saturated rings. The number of rotatable bonds is 3. The number of aryl methyl sites for hydroxylation is 1. The summed E-state index contributed by atoms with van der Waals surface area (Å²) in [6.07, 6.45) is 0.601. The highest BCUT2D eigenvalue weighted by molar-refractivity contribution is 6.58. The third kappa shape index (κ3) is 2.95. The molecular formula is C5H5F3O3Si. The topological polar surface area (TPSA) is 43.4 Å². The van der Waals surface area contributed by atoms with Crippen molar-refractivity contribution in [2.24, 2.45) is 0 Å². The molecule has 0 amide bonds. The first-order valence-corrected chi connectivity index (χ1v) is 4.96. The zero-order chi connectivity index (χ0) is 9.19. The van der Waals surface area contributed by atoms with Gasteiger partial charge >= 0.3 is 14.9 Å². The van der Waals surface area contributed by atoms with Crippen LogP contribution < -0.4 is 5.82 Å². The fourth-order valence-electron chi connectivity index (χ4n) is 0.644. The van der Waals surface area contributed by atoms with Gasteiger partial charge in [0.1, 0.15) is 12.0 Å². The molecule has 0 N–H and O–H groups in total. The maximum absolute atomic E-state index is 11.7. The van der Waals surface area contributed by atoms with Crippen LogP contribution in [0.1, 0.15) is 5.76 Å². The molecule has 1 aromatic heterocycles. The predicted octanol–water partition coefficient (Wildman–Crippen LogP) is 1.62. The molecule has 0 aliphatic heterocycles. The Morgan fingerprint density at radius 3 is 2.50 bits per heavy atom. The summed E-state index contributed by atoms with van der Waals surface area (Å²) in [6, 6.07) is -0.879. The number of hydrogen-bond acceptors (Lipinski definition) is 3. The zero-order valence-electron chi connectivity index (χ0n) is 5.85. The standard InChI is InChI=1S/C5H5F3O3Si/c6-12(7,8)2-1-4-3-10-5(9)11-4/h3H,1-2H2. The SMILES string of the molecule is O=c1occ(CC[Si](F)(F)F)o1. The second-order valence-corrected chi connectivity index (χ2v) is 3.90. The maximum Gasteiger partial charge on any atom is 0.616 e. The minimum Gasteiger partial charge on any atom is -0.399 e. The third-order valence-electron chi connectivity index (χ3n) is 1.16. The van der Waals surface area contributed by atoms with Gasteiger partial charge in [0.2, 0.25) is 0 Å². The van der Waals surface area contributed by atoms with Crippen molar-refractivity contribution in [1.29, 1.82) is 0 Å². The van der Waals surface area contributed by atoms with E-state index in [4.69, 9.17) is 0 Å². The molecule has 0 aliphatic carbocycles. The molecule has 68 valence electrons. The lowest BCUT2D eigenvalue weighted by atomic mass is 10.4. The van der Waals surface area contributed by atoms with Crippen molar-refractivity contribution in [3.05, 3.63) is 22.6 Å². The Balaban J connectivity index is 2.49. The monoisotopic (exact) mass is 198 g/mol. The molecule has 0 bridgehead atoms. The van der Waals surface area contributed by atoms with Gasteiger partial charge in [0.15, 0.2) is 0 Å². The number of hydrogen-bond donors (Lipinski definition) is 0. The molecule has 0 atom stereocenters. The molecule has 0 saturated heterocycles. The molecule has 1 aromatic rings. The normalized spacial score (nSPS) is 11.9. The summed E-state index contributed by atoms with van der Waals surface area (Å²) in [5, 5.41) is 0. The highest BCUT2D eigenvalue weighted by Gasteiger charge is 2.36. The molecule has 0 aliphatic rings. The molecular weight excluding hydrogens is 193 g/mol. The molecule has 7 heteroatoms.